The number of aryl methyl sites for hydroxylation is 1. The molecular formula is C27H27FN4O. The van der Waals surface area contributed by atoms with E-state index >= 15 is 0 Å². The molecule has 0 unspecified atom stereocenters. The van der Waals surface area contributed by atoms with E-state index in [0.717, 1.165) is 61.6 Å². The van der Waals surface area contributed by atoms with Gasteiger partial charge in [-0.25, -0.2) is 13.9 Å². The molecule has 0 amide bonds. The van der Waals surface area contributed by atoms with Gasteiger partial charge in [0.15, 0.2) is 5.82 Å². The maximum atomic E-state index is 14.6. The SMILES string of the molecule is COc1cccc2c1CC1(CCN(c3nc(C)c(-c4ccccc4F)n4nccc34)CC1)C2. The number of fused-ring (bicyclic) bond motifs is 2. The van der Waals surface area contributed by atoms with Gasteiger partial charge in [0.25, 0.3) is 0 Å². The molecule has 5 nitrogen and oxygen atoms in total. The van der Waals surface area contributed by atoms with Gasteiger partial charge in [-0.05, 0) is 73.4 Å². The standard InChI is InChI=1S/C27H27FN4O/c1-18-25(20-7-3-4-8-22(20)28)32-23(10-13-29-32)26(30-18)31-14-11-27(12-15-31)16-19-6-5-9-24(33-2)21(19)17-27/h3-10,13H,11-12,14-17H2,1-2H3. The minimum atomic E-state index is -0.261. The molecule has 0 saturated carbocycles. The van der Waals surface area contributed by atoms with Gasteiger partial charge in [0.2, 0.25) is 0 Å². The molecule has 6 rings (SSSR count). The highest BCUT2D eigenvalue weighted by atomic mass is 19.1. The summed E-state index contributed by atoms with van der Waals surface area (Å²) in [6.45, 7) is 3.84. The van der Waals surface area contributed by atoms with Crippen LogP contribution in [0.1, 0.15) is 29.7 Å². The largest absolute Gasteiger partial charge is 0.496 e. The second-order valence-corrected chi connectivity index (χ2v) is 9.42. The summed E-state index contributed by atoms with van der Waals surface area (Å²) < 4.78 is 22.1. The van der Waals surface area contributed by atoms with Crippen molar-refractivity contribution in [1.82, 2.24) is 14.6 Å². The predicted octanol–water partition coefficient (Wildman–Crippen LogP) is 5.24. The summed E-state index contributed by atoms with van der Waals surface area (Å²) in [5, 5.41) is 4.54. The third-order valence-electron chi connectivity index (χ3n) is 7.52. The fourth-order valence-electron chi connectivity index (χ4n) is 5.82. The zero-order chi connectivity index (χ0) is 22.6. The number of rotatable bonds is 3. The average molecular weight is 443 g/mol. The van der Waals surface area contributed by atoms with E-state index in [-0.39, 0.29) is 5.82 Å². The van der Waals surface area contributed by atoms with Gasteiger partial charge in [0, 0.05) is 18.7 Å². The molecule has 33 heavy (non-hydrogen) atoms. The van der Waals surface area contributed by atoms with Crippen LogP contribution >= 0.6 is 0 Å². The van der Waals surface area contributed by atoms with Crippen molar-refractivity contribution in [2.45, 2.75) is 32.6 Å². The van der Waals surface area contributed by atoms with Crippen molar-refractivity contribution in [3.8, 4) is 17.0 Å². The van der Waals surface area contributed by atoms with Crippen LogP contribution in [-0.2, 0) is 12.8 Å². The Hall–Kier alpha value is -3.41. The van der Waals surface area contributed by atoms with Gasteiger partial charge in [0.05, 0.1) is 24.7 Å². The number of hydrogen-bond acceptors (Lipinski definition) is 4. The quantitative estimate of drug-likeness (QED) is 0.435. The van der Waals surface area contributed by atoms with Gasteiger partial charge in [-0.2, -0.15) is 5.10 Å². The van der Waals surface area contributed by atoms with Crippen LogP contribution in [0, 0.1) is 18.2 Å². The first-order valence-electron chi connectivity index (χ1n) is 11.6. The molecule has 2 aromatic heterocycles. The number of anilines is 1. The highest BCUT2D eigenvalue weighted by molar-refractivity contribution is 5.75. The fraction of sp³-hybridized carbons (Fsp3) is 0.333. The van der Waals surface area contributed by atoms with Gasteiger partial charge in [-0.3, -0.25) is 0 Å². The molecule has 1 saturated heterocycles. The molecule has 168 valence electrons. The molecule has 1 spiro atoms. The number of aromatic nitrogens is 3. The highest BCUT2D eigenvalue weighted by Gasteiger charge is 2.41. The lowest BCUT2D eigenvalue weighted by molar-refractivity contribution is 0.231. The highest BCUT2D eigenvalue weighted by Crippen LogP contribution is 2.48. The molecule has 0 N–H and O–H groups in total. The lowest BCUT2D eigenvalue weighted by Crippen LogP contribution is -2.41. The number of halogens is 1. The topological polar surface area (TPSA) is 42.7 Å². The Bertz CT molecular complexity index is 1350. The molecule has 4 aromatic rings. The van der Waals surface area contributed by atoms with Crippen LogP contribution in [0.25, 0.3) is 16.8 Å². The Balaban J connectivity index is 1.31. The van der Waals surface area contributed by atoms with E-state index in [0.29, 0.717) is 16.7 Å². The first-order valence-corrected chi connectivity index (χ1v) is 11.6. The van der Waals surface area contributed by atoms with Crippen LogP contribution in [0.4, 0.5) is 10.2 Å². The van der Waals surface area contributed by atoms with Crippen molar-refractivity contribution in [3.63, 3.8) is 0 Å². The van der Waals surface area contributed by atoms with E-state index < -0.39 is 0 Å². The maximum absolute atomic E-state index is 14.6. The Kier molecular flexibility index (Phi) is 4.64. The van der Waals surface area contributed by atoms with Gasteiger partial charge in [-0.15, -0.1) is 0 Å². The van der Waals surface area contributed by atoms with Gasteiger partial charge in [0.1, 0.15) is 17.1 Å². The van der Waals surface area contributed by atoms with E-state index in [1.807, 2.05) is 23.6 Å². The first kappa shape index (κ1) is 20.2. The normalized spacial score (nSPS) is 17.0. The number of piperidine rings is 1. The summed E-state index contributed by atoms with van der Waals surface area (Å²) in [5.41, 5.74) is 6.06. The monoisotopic (exact) mass is 442 g/mol. The number of nitrogens with zero attached hydrogens (tertiary/aromatic N) is 4. The average Bonchev–Trinajstić information content (AvgIpc) is 3.44. The molecule has 2 aliphatic rings. The summed E-state index contributed by atoms with van der Waals surface area (Å²) in [5.74, 6) is 1.70. The third-order valence-corrected chi connectivity index (χ3v) is 7.52. The summed E-state index contributed by atoms with van der Waals surface area (Å²) >= 11 is 0. The maximum Gasteiger partial charge on any atom is 0.155 e. The van der Waals surface area contributed by atoms with Crippen LogP contribution in [0.5, 0.6) is 5.75 Å². The Morgan fingerprint density at radius 3 is 2.61 bits per heavy atom. The fourth-order valence-corrected chi connectivity index (χ4v) is 5.82. The summed E-state index contributed by atoms with van der Waals surface area (Å²) in [6.07, 6.45) is 6.20. The number of hydrogen-bond donors (Lipinski definition) is 0. The van der Waals surface area contributed by atoms with Crippen molar-refractivity contribution in [2.75, 3.05) is 25.1 Å². The van der Waals surface area contributed by atoms with Crippen LogP contribution in [0.3, 0.4) is 0 Å². The van der Waals surface area contributed by atoms with Gasteiger partial charge < -0.3 is 9.64 Å². The third kappa shape index (κ3) is 3.19. The van der Waals surface area contributed by atoms with Crippen molar-refractivity contribution >= 4 is 11.3 Å². The van der Waals surface area contributed by atoms with Crippen molar-refractivity contribution in [3.05, 3.63) is 77.4 Å². The zero-order valence-electron chi connectivity index (χ0n) is 19.0. The molecule has 0 bridgehead atoms. The van der Waals surface area contributed by atoms with Crippen LogP contribution in [0.15, 0.2) is 54.7 Å². The Labute approximate surface area is 192 Å². The molecule has 6 heteroatoms. The van der Waals surface area contributed by atoms with E-state index in [1.54, 1.807) is 25.4 Å². The second kappa shape index (κ2) is 7.58. The number of ether oxygens (including phenoxy) is 1. The molecule has 2 aromatic carbocycles. The van der Waals surface area contributed by atoms with E-state index in [4.69, 9.17) is 9.72 Å². The summed E-state index contributed by atoms with van der Waals surface area (Å²) in [7, 11) is 1.76. The molecule has 1 fully saturated rings. The van der Waals surface area contributed by atoms with Crippen LogP contribution in [0.2, 0.25) is 0 Å². The zero-order valence-corrected chi connectivity index (χ0v) is 19.0. The van der Waals surface area contributed by atoms with Crippen molar-refractivity contribution in [2.24, 2.45) is 5.41 Å². The van der Waals surface area contributed by atoms with Crippen LogP contribution in [-0.4, -0.2) is 34.8 Å². The Morgan fingerprint density at radius 2 is 1.82 bits per heavy atom. The molecular weight excluding hydrogens is 415 g/mol. The lowest BCUT2D eigenvalue weighted by atomic mass is 9.76. The number of benzene rings is 2. The van der Waals surface area contributed by atoms with E-state index in [2.05, 4.69) is 28.2 Å². The molecule has 1 aliphatic carbocycles. The van der Waals surface area contributed by atoms with Gasteiger partial charge >= 0.3 is 0 Å². The second-order valence-electron chi connectivity index (χ2n) is 9.42. The minimum absolute atomic E-state index is 0.261. The smallest absolute Gasteiger partial charge is 0.155 e. The summed E-state index contributed by atoms with van der Waals surface area (Å²) in [4.78, 5) is 7.35. The summed E-state index contributed by atoms with van der Waals surface area (Å²) in [6, 6.07) is 15.2. The lowest BCUT2D eigenvalue weighted by Gasteiger charge is -2.40. The Morgan fingerprint density at radius 1 is 1.00 bits per heavy atom. The molecule has 0 atom stereocenters. The number of methoxy groups -OCH3 is 1. The van der Waals surface area contributed by atoms with E-state index in [9.17, 15) is 4.39 Å². The molecule has 0 radical (unpaired) electrons. The van der Waals surface area contributed by atoms with Gasteiger partial charge in [-0.1, -0.05) is 24.3 Å². The van der Waals surface area contributed by atoms with Crippen molar-refractivity contribution in [1.29, 1.82) is 0 Å². The van der Waals surface area contributed by atoms with E-state index in [1.165, 1.54) is 17.2 Å². The molecule has 3 heterocycles. The van der Waals surface area contributed by atoms with Crippen molar-refractivity contribution < 1.29 is 9.13 Å². The first-order chi connectivity index (χ1) is 16.1. The predicted molar refractivity (Wildman–Crippen MR) is 127 cm³/mol. The minimum Gasteiger partial charge on any atom is -0.496 e. The van der Waals surface area contributed by atoms with Crippen LogP contribution < -0.4 is 9.64 Å². The molecule has 1 aliphatic heterocycles.